The van der Waals surface area contributed by atoms with Crippen molar-refractivity contribution in [2.75, 3.05) is 16.5 Å². The van der Waals surface area contributed by atoms with E-state index in [2.05, 4.69) is 190 Å². The molecule has 0 N–H and O–H groups in total. The molecule has 2 aromatic heterocycles. The number of rotatable bonds is 1. The lowest BCUT2D eigenvalue weighted by Crippen LogP contribution is -2.25. The van der Waals surface area contributed by atoms with Gasteiger partial charge in [0.2, 0.25) is 0 Å². The van der Waals surface area contributed by atoms with E-state index in [1.165, 1.54) is 16.5 Å². The maximum absolute atomic E-state index is 6.68. The summed E-state index contributed by atoms with van der Waals surface area (Å²) in [4.78, 5) is 10.3. The smallest absolute Gasteiger partial charge is 0.138 e. The number of nitrogens with zero attached hydrogens (tertiary/aromatic N) is 4. The zero-order valence-corrected chi connectivity index (χ0v) is 28.7. The van der Waals surface area contributed by atoms with E-state index in [1.807, 2.05) is 6.07 Å². The summed E-state index contributed by atoms with van der Waals surface area (Å²) in [7, 11) is 0. The third-order valence-electron chi connectivity index (χ3n) is 10.6. The fourth-order valence-electron chi connectivity index (χ4n) is 8.28. The molecule has 0 saturated carbocycles. The SMILES string of the molecule is c1ccc(-c2cccc3c2N2CN(c4cccc(c4)Oc4ccc5c6ccccc6n(c5c4)-c4cccc(n4)-c4ccccc4-3)c3ccccc32)cc1. The minimum atomic E-state index is 0.627. The van der Waals surface area contributed by atoms with Crippen LogP contribution in [0.3, 0.4) is 0 Å². The van der Waals surface area contributed by atoms with Crippen LogP contribution in [0, 0.1) is 0 Å². The highest BCUT2D eigenvalue weighted by Gasteiger charge is 2.32. The highest BCUT2D eigenvalue weighted by molar-refractivity contribution is 6.09. The molecule has 0 unspecified atom stereocenters. The summed E-state index contributed by atoms with van der Waals surface area (Å²) in [5.41, 5.74) is 13.2. The molecule has 5 heteroatoms. The Morgan fingerprint density at radius 3 is 2.04 bits per heavy atom. The molecule has 53 heavy (non-hydrogen) atoms. The van der Waals surface area contributed by atoms with Gasteiger partial charge in [-0.3, -0.25) is 4.57 Å². The summed E-state index contributed by atoms with van der Waals surface area (Å²) < 4.78 is 8.94. The van der Waals surface area contributed by atoms with Crippen molar-refractivity contribution < 1.29 is 4.74 Å². The summed E-state index contributed by atoms with van der Waals surface area (Å²) in [6, 6.07) is 64.5. The molecule has 11 rings (SSSR count). The van der Waals surface area contributed by atoms with E-state index in [0.29, 0.717) is 6.67 Å². The molecular formula is C48H32N4O. The van der Waals surface area contributed by atoms with Gasteiger partial charge >= 0.3 is 0 Å². The number of hydrogen-bond donors (Lipinski definition) is 0. The van der Waals surface area contributed by atoms with Crippen LogP contribution in [0.15, 0.2) is 182 Å². The van der Waals surface area contributed by atoms with Crippen LogP contribution in [0.25, 0.3) is 61.1 Å². The first-order valence-corrected chi connectivity index (χ1v) is 18.0. The summed E-state index contributed by atoms with van der Waals surface area (Å²) in [6.07, 6.45) is 0. The van der Waals surface area contributed by atoms with Crippen molar-refractivity contribution in [2.45, 2.75) is 0 Å². The van der Waals surface area contributed by atoms with E-state index in [9.17, 15) is 0 Å². The van der Waals surface area contributed by atoms with Crippen LogP contribution in [0.1, 0.15) is 0 Å². The summed E-state index contributed by atoms with van der Waals surface area (Å²) >= 11 is 0. The van der Waals surface area contributed by atoms with E-state index in [4.69, 9.17) is 9.72 Å². The fourth-order valence-corrected chi connectivity index (χ4v) is 8.28. The normalized spacial score (nSPS) is 12.9. The minimum Gasteiger partial charge on any atom is -0.457 e. The van der Waals surface area contributed by atoms with E-state index < -0.39 is 0 Å². The Labute approximate surface area is 307 Å². The molecule has 0 fully saturated rings. The second-order valence-corrected chi connectivity index (χ2v) is 13.6. The van der Waals surface area contributed by atoms with Gasteiger partial charge in [-0.15, -0.1) is 0 Å². The van der Waals surface area contributed by atoms with Crippen molar-refractivity contribution in [3.63, 3.8) is 0 Å². The average Bonchev–Trinajstić information content (AvgIpc) is 3.77. The Bertz CT molecular complexity index is 2880. The van der Waals surface area contributed by atoms with Crippen LogP contribution in [-0.2, 0) is 0 Å². The van der Waals surface area contributed by atoms with Gasteiger partial charge in [-0.2, -0.15) is 0 Å². The number of ether oxygens (including phenoxy) is 1. The highest BCUT2D eigenvalue weighted by atomic mass is 16.5. The molecule has 7 aromatic carbocycles. The lowest BCUT2D eigenvalue weighted by Gasteiger charge is -2.28. The van der Waals surface area contributed by atoms with Crippen LogP contribution < -0.4 is 14.5 Å². The number of anilines is 4. The molecule has 0 saturated heterocycles. The molecule has 0 radical (unpaired) electrons. The molecule has 0 atom stereocenters. The number of para-hydroxylation sites is 4. The third-order valence-corrected chi connectivity index (χ3v) is 10.6. The molecule has 8 bridgehead atoms. The van der Waals surface area contributed by atoms with Crippen LogP contribution in [-0.4, -0.2) is 16.2 Å². The molecule has 2 aliphatic rings. The van der Waals surface area contributed by atoms with Gasteiger partial charge < -0.3 is 14.5 Å². The monoisotopic (exact) mass is 680 g/mol. The van der Waals surface area contributed by atoms with Crippen molar-refractivity contribution in [1.82, 2.24) is 9.55 Å². The first-order valence-electron chi connectivity index (χ1n) is 18.0. The molecule has 0 aliphatic carbocycles. The van der Waals surface area contributed by atoms with Crippen molar-refractivity contribution in [1.29, 1.82) is 0 Å². The van der Waals surface area contributed by atoms with Crippen LogP contribution >= 0.6 is 0 Å². The second-order valence-electron chi connectivity index (χ2n) is 13.6. The van der Waals surface area contributed by atoms with E-state index >= 15 is 0 Å². The lowest BCUT2D eigenvalue weighted by molar-refractivity contribution is 0.483. The van der Waals surface area contributed by atoms with Gasteiger partial charge in [0.25, 0.3) is 0 Å². The van der Waals surface area contributed by atoms with E-state index in [-0.39, 0.29) is 0 Å². The van der Waals surface area contributed by atoms with Crippen molar-refractivity contribution in [2.24, 2.45) is 0 Å². The fraction of sp³-hybridized carbons (Fsp3) is 0.0208. The summed E-state index contributed by atoms with van der Waals surface area (Å²) in [5, 5.41) is 2.33. The first-order chi connectivity index (χ1) is 26.3. The molecule has 0 amide bonds. The van der Waals surface area contributed by atoms with Gasteiger partial charge in [0.15, 0.2) is 0 Å². The van der Waals surface area contributed by atoms with E-state index in [1.54, 1.807) is 0 Å². The zero-order chi connectivity index (χ0) is 34.9. The molecule has 4 heterocycles. The van der Waals surface area contributed by atoms with Gasteiger partial charge in [-0.25, -0.2) is 4.98 Å². The predicted octanol–water partition coefficient (Wildman–Crippen LogP) is 12.5. The quantitative estimate of drug-likeness (QED) is 0.173. The standard InChI is InChI=1S/C48H32N4O/c1-2-13-32(14-3-1)36-20-11-21-41-37-17-4-5-18-38(37)42-22-12-26-47(49-42)52-43-23-7-6-19-39(43)40-28-27-35(30-46(40)52)53-34-16-10-15-33(29-34)50-31-51(48(36)41)45-25-9-8-24-44(45)50/h1-30H,31H2. The Hall–Kier alpha value is -7.11. The number of fused-ring (bicyclic) bond motifs is 20. The van der Waals surface area contributed by atoms with Gasteiger partial charge in [0, 0.05) is 45.3 Å². The molecule has 5 nitrogen and oxygen atoms in total. The first kappa shape index (κ1) is 29.6. The van der Waals surface area contributed by atoms with Crippen molar-refractivity contribution >= 4 is 44.6 Å². The van der Waals surface area contributed by atoms with Gasteiger partial charge in [-0.1, -0.05) is 115 Å². The molecule has 0 spiro atoms. The largest absolute Gasteiger partial charge is 0.457 e. The van der Waals surface area contributed by atoms with Gasteiger partial charge in [-0.05, 0) is 65.7 Å². The lowest BCUT2D eigenvalue weighted by atomic mass is 9.91. The maximum Gasteiger partial charge on any atom is 0.138 e. The topological polar surface area (TPSA) is 33.5 Å². The number of benzene rings is 7. The zero-order valence-electron chi connectivity index (χ0n) is 28.7. The predicted molar refractivity (Wildman–Crippen MR) is 217 cm³/mol. The Morgan fingerprint density at radius 1 is 0.453 bits per heavy atom. The van der Waals surface area contributed by atoms with Crippen molar-refractivity contribution in [3.05, 3.63) is 182 Å². The Balaban J connectivity index is 1.24. The summed E-state index contributed by atoms with van der Waals surface area (Å²) in [6.45, 7) is 0.627. The maximum atomic E-state index is 6.68. The molecule has 250 valence electrons. The number of hydrogen-bond acceptors (Lipinski definition) is 4. The number of pyridine rings is 1. The second kappa shape index (κ2) is 11.7. The minimum absolute atomic E-state index is 0.627. The highest BCUT2D eigenvalue weighted by Crippen LogP contribution is 2.51. The molecule has 2 aliphatic heterocycles. The van der Waals surface area contributed by atoms with Gasteiger partial charge in [0.05, 0.1) is 33.8 Å². The van der Waals surface area contributed by atoms with Crippen LogP contribution in [0.4, 0.5) is 22.7 Å². The van der Waals surface area contributed by atoms with Crippen molar-refractivity contribution in [3.8, 4) is 50.8 Å². The third kappa shape index (κ3) is 4.68. The Morgan fingerprint density at radius 2 is 1.13 bits per heavy atom. The Kier molecular flexibility index (Phi) is 6.55. The van der Waals surface area contributed by atoms with Gasteiger partial charge in [0.1, 0.15) is 24.0 Å². The summed E-state index contributed by atoms with van der Waals surface area (Å²) in [5.74, 6) is 2.40. The number of aromatic nitrogens is 2. The van der Waals surface area contributed by atoms with Crippen LogP contribution in [0.2, 0.25) is 0 Å². The molecular weight excluding hydrogens is 649 g/mol. The van der Waals surface area contributed by atoms with E-state index in [0.717, 1.165) is 78.9 Å². The average molecular weight is 681 g/mol. The van der Waals surface area contributed by atoms with Crippen LogP contribution in [0.5, 0.6) is 11.5 Å². The molecule has 9 aromatic rings.